The van der Waals surface area contributed by atoms with Crippen LogP contribution in [-0.4, -0.2) is 19.6 Å². The maximum absolute atomic E-state index is 13.6. The van der Waals surface area contributed by atoms with Crippen molar-refractivity contribution >= 4 is 22.6 Å². The monoisotopic (exact) mass is 280 g/mol. The number of benzene rings is 1. The predicted molar refractivity (Wildman–Crippen MR) is 69.0 cm³/mol. The first-order valence-corrected chi connectivity index (χ1v) is 6.51. The van der Waals surface area contributed by atoms with Crippen LogP contribution in [0.2, 0.25) is 0 Å². The molecule has 4 nitrogen and oxygen atoms in total. The molecule has 7 heteroatoms. The van der Waals surface area contributed by atoms with E-state index in [1.165, 1.54) is 17.6 Å². The Bertz CT molecular complexity index is 747. The number of aromatic nitrogens is 4. The number of halogens is 2. The Morgan fingerprint density at radius 1 is 1.26 bits per heavy atom. The van der Waals surface area contributed by atoms with Gasteiger partial charge in [0.2, 0.25) is 0 Å². The van der Waals surface area contributed by atoms with Crippen LogP contribution in [0.1, 0.15) is 25.5 Å². The number of fused-ring (bicyclic) bond motifs is 1. The van der Waals surface area contributed by atoms with Crippen LogP contribution in [0, 0.1) is 11.6 Å². The molecule has 0 saturated carbocycles. The molecule has 0 aliphatic heterocycles. The van der Waals surface area contributed by atoms with Gasteiger partial charge in [-0.25, -0.2) is 13.8 Å². The van der Waals surface area contributed by atoms with Crippen molar-refractivity contribution in [2.24, 2.45) is 0 Å². The number of nitrogens with one attached hydrogen (secondary N) is 1. The van der Waals surface area contributed by atoms with Gasteiger partial charge in [-0.2, -0.15) is 0 Å². The Morgan fingerprint density at radius 3 is 2.79 bits per heavy atom. The normalized spacial score (nSPS) is 11.6. The van der Waals surface area contributed by atoms with Crippen molar-refractivity contribution in [3.05, 3.63) is 29.5 Å². The lowest BCUT2D eigenvalue weighted by Crippen LogP contribution is -1.91. The summed E-state index contributed by atoms with van der Waals surface area (Å²) < 4.78 is 30.7. The molecule has 98 valence electrons. The number of aromatic amines is 1. The first-order chi connectivity index (χ1) is 9.08. The van der Waals surface area contributed by atoms with E-state index in [1.807, 2.05) is 13.8 Å². The number of nitrogens with zero attached hydrogens (tertiary/aromatic N) is 3. The lowest BCUT2D eigenvalue weighted by Gasteiger charge is -2.00. The molecule has 2 heterocycles. The van der Waals surface area contributed by atoms with E-state index < -0.39 is 11.6 Å². The second kappa shape index (κ2) is 4.34. The summed E-state index contributed by atoms with van der Waals surface area (Å²) in [5, 5.41) is 4.04. The molecule has 1 N–H and O–H groups in total. The van der Waals surface area contributed by atoms with Gasteiger partial charge in [0, 0.05) is 0 Å². The van der Waals surface area contributed by atoms with Gasteiger partial charge in [-0.1, -0.05) is 18.3 Å². The molecule has 3 aromatic rings. The van der Waals surface area contributed by atoms with Crippen molar-refractivity contribution in [2.75, 3.05) is 0 Å². The number of hydrogen-bond acceptors (Lipinski definition) is 4. The van der Waals surface area contributed by atoms with Gasteiger partial charge in [0.05, 0.1) is 11.2 Å². The molecule has 19 heavy (non-hydrogen) atoms. The number of imidazole rings is 1. The van der Waals surface area contributed by atoms with Gasteiger partial charge in [-0.15, -0.1) is 5.10 Å². The Balaban J connectivity index is 2.21. The van der Waals surface area contributed by atoms with E-state index in [0.717, 1.165) is 16.6 Å². The third-order valence-corrected chi connectivity index (χ3v) is 3.57. The minimum atomic E-state index is -0.941. The summed E-state index contributed by atoms with van der Waals surface area (Å²) >= 11 is 1.19. The van der Waals surface area contributed by atoms with E-state index in [1.54, 1.807) is 0 Å². The zero-order chi connectivity index (χ0) is 13.6. The predicted octanol–water partition coefficient (Wildman–Crippen LogP) is 3.48. The fourth-order valence-corrected chi connectivity index (χ4v) is 2.63. The average molecular weight is 280 g/mol. The smallest absolute Gasteiger partial charge is 0.186 e. The summed E-state index contributed by atoms with van der Waals surface area (Å²) in [6.07, 6.45) is 0. The van der Waals surface area contributed by atoms with Crippen LogP contribution in [0.25, 0.3) is 21.7 Å². The van der Waals surface area contributed by atoms with Crippen LogP contribution in [-0.2, 0) is 0 Å². The van der Waals surface area contributed by atoms with Gasteiger partial charge in [-0.3, -0.25) is 0 Å². The van der Waals surface area contributed by atoms with E-state index in [4.69, 9.17) is 0 Å². The first-order valence-electron chi connectivity index (χ1n) is 5.74. The van der Waals surface area contributed by atoms with Crippen molar-refractivity contribution in [3.63, 3.8) is 0 Å². The largest absolute Gasteiger partial charge is 0.337 e. The maximum Gasteiger partial charge on any atom is 0.186 e. The number of rotatable bonds is 2. The van der Waals surface area contributed by atoms with E-state index in [0.29, 0.717) is 11.3 Å². The van der Waals surface area contributed by atoms with Crippen molar-refractivity contribution in [1.29, 1.82) is 0 Å². The summed E-state index contributed by atoms with van der Waals surface area (Å²) in [5.74, 6) is -1.19. The van der Waals surface area contributed by atoms with Crippen LogP contribution in [0.3, 0.4) is 0 Å². The summed E-state index contributed by atoms with van der Waals surface area (Å²) in [4.78, 5) is 7.85. The molecule has 1 aromatic carbocycles. The highest BCUT2D eigenvalue weighted by atomic mass is 32.1. The summed E-state index contributed by atoms with van der Waals surface area (Å²) in [6.45, 7) is 3.98. The van der Waals surface area contributed by atoms with Gasteiger partial charge in [-0.05, 0) is 29.6 Å². The van der Waals surface area contributed by atoms with E-state index in [2.05, 4.69) is 19.6 Å². The number of hydrogen-bond donors (Lipinski definition) is 1. The molecule has 2 aromatic heterocycles. The highest BCUT2D eigenvalue weighted by Crippen LogP contribution is 2.30. The second-order valence-electron chi connectivity index (χ2n) is 4.48. The average Bonchev–Trinajstić information content (AvgIpc) is 2.99. The maximum atomic E-state index is 13.6. The van der Waals surface area contributed by atoms with Crippen molar-refractivity contribution in [2.45, 2.75) is 19.8 Å². The van der Waals surface area contributed by atoms with Gasteiger partial charge in [0.15, 0.2) is 17.5 Å². The lowest BCUT2D eigenvalue weighted by molar-refractivity contribution is 0.515. The van der Waals surface area contributed by atoms with Crippen LogP contribution in [0.15, 0.2) is 12.1 Å². The zero-order valence-electron chi connectivity index (χ0n) is 10.2. The molecular formula is C12H10F2N4S. The van der Waals surface area contributed by atoms with E-state index in [-0.39, 0.29) is 11.4 Å². The highest BCUT2D eigenvalue weighted by molar-refractivity contribution is 7.09. The summed E-state index contributed by atoms with van der Waals surface area (Å²) in [7, 11) is 0. The lowest BCUT2D eigenvalue weighted by atomic mass is 10.1. The molecule has 0 radical (unpaired) electrons. The van der Waals surface area contributed by atoms with Crippen LogP contribution in [0.4, 0.5) is 8.78 Å². The van der Waals surface area contributed by atoms with Gasteiger partial charge >= 0.3 is 0 Å². The van der Waals surface area contributed by atoms with Gasteiger partial charge in [0.1, 0.15) is 10.4 Å². The Labute approximate surface area is 111 Å². The first kappa shape index (κ1) is 12.2. The van der Waals surface area contributed by atoms with Crippen molar-refractivity contribution in [3.8, 4) is 10.7 Å². The highest BCUT2D eigenvalue weighted by Gasteiger charge is 2.18. The van der Waals surface area contributed by atoms with Crippen LogP contribution in [0.5, 0.6) is 0 Å². The van der Waals surface area contributed by atoms with Crippen molar-refractivity contribution < 1.29 is 8.78 Å². The molecule has 0 amide bonds. The molecule has 0 bridgehead atoms. The van der Waals surface area contributed by atoms with Gasteiger partial charge < -0.3 is 4.98 Å². The Morgan fingerprint density at radius 2 is 2.05 bits per heavy atom. The minimum absolute atomic E-state index is 0.00175. The molecule has 0 aliphatic rings. The number of H-pyrrole nitrogens is 1. The molecular weight excluding hydrogens is 270 g/mol. The molecule has 0 unspecified atom stereocenters. The topological polar surface area (TPSA) is 54.5 Å². The van der Waals surface area contributed by atoms with E-state index in [9.17, 15) is 8.78 Å². The van der Waals surface area contributed by atoms with Crippen LogP contribution < -0.4 is 0 Å². The second-order valence-corrected chi connectivity index (χ2v) is 5.24. The third kappa shape index (κ3) is 1.90. The molecule has 0 saturated heterocycles. The standard InChI is InChI=1S/C12H10F2N4S/c1-5(2)9-11(19-18-17-9)12-15-7-4-3-6(13)8(14)10(7)16-12/h3-5H,1-2H3,(H,15,16). The summed E-state index contributed by atoms with van der Waals surface area (Å²) in [6, 6.07) is 2.54. The van der Waals surface area contributed by atoms with E-state index >= 15 is 0 Å². The SMILES string of the molecule is CC(C)c1nnsc1-c1nc2c(F)c(F)ccc2[nH]1. The third-order valence-electron chi connectivity index (χ3n) is 2.82. The fourth-order valence-electron chi connectivity index (χ4n) is 1.86. The fraction of sp³-hybridized carbons (Fsp3) is 0.250. The minimum Gasteiger partial charge on any atom is -0.337 e. The summed E-state index contributed by atoms with van der Waals surface area (Å²) in [5.41, 5.74) is 1.25. The molecule has 0 fully saturated rings. The molecule has 0 aliphatic carbocycles. The van der Waals surface area contributed by atoms with Crippen LogP contribution >= 0.6 is 11.5 Å². The Hall–Kier alpha value is -1.89. The van der Waals surface area contributed by atoms with Crippen molar-refractivity contribution in [1.82, 2.24) is 19.6 Å². The zero-order valence-corrected chi connectivity index (χ0v) is 11.1. The molecule has 0 spiro atoms. The molecule has 0 atom stereocenters. The van der Waals surface area contributed by atoms with Gasteiger partial charge in [0.25, 0.3) is 0 Å². The Kier molecular flexibility index (Phi) is 2.78. The quantitative estimate of drug-likeness (QED) is 0.781. The molecule has 3 rings (SSSR count).